The Morgan fingerprint density at radius 2 is 2.09 bits per heavy atom. The first kappa shape index (κ1) is 24.9. The molecule has 1 aromatic rings. The molecule has 0 aromatic carbocycles. The van der Waals surface area contributed by atoms with Crippen molar-refractivity contribution < 1.29 is 14.7 Å². The quantitative estimate of drug-likeness (QED) is 0.609. The van der Waals surface area contributed by atoms with Gasteiger partial charge in [-0.15, -0.1) is 17.9 Å². The summed E-state index contributed by atoms with van der Waals surface area (Å²) in [5.74, 6) is -0.250. The first-order chi connectivity index (χ1) is 15.0. The molecular weight excluding hydrogens is 424 g/mol. The van der Waals surface area contributed by atoms with Crippen LogP contribution in [0, 0.1) is 23.2 Å². The Morgan fingerprint density at radius 1 is 1.41 bits per heavy atom. The lowest BCUT2D eigenvalue weighted by atomic mass is 9.53. The Kier molecular flexibility index (Phi) is 7.47. The van der Waals surface area contributed by atoms with E-state index in [2.05, 4.69) is 25.7 Å². The first-order valence-corrected chi connectivity index (χ1v) is 12.3. The van der Waals surface area contributed by atoms with Crippen molar-refractivity contribution in [3.8, 4) is 0 Å². The fraction of sp³-hybridized carbons (Fsp3) is 0.708. The second kappa shape index (κ2) is 9.61. The van der Waals surface area contributed by atoms with Crippen molar-refractivity contribution in [1.82, 2.24) is 14.8 Å². The zero-order valence-electron chi connectivity index (χ0n) is 20.2. The second-order valence-electron chi connectivity index (χ2n) is 10.2. The largest absolute Gasteiger partial charge is 0.392 e. The molecular formula is C24H38N4O3S. The summed E-state index contributed by atoms with van der Waals surface area (Å²) in [6.07, 6.45) is 3.80. The van der Waals surface area contributed by atoms with Gasteiger partial charge in [0.2, 0.25) is 11.8 Å². The number of aliphatic hydroxyl groups excluding tert-OH is 1. The predicted molar refractivity (Wildman–Crippen MR) is 129 cm³/mol. The van der Waals surface area contributed by atoms with Crippen LogP contribution in [0.2, 0.25) is 0 Å². The van der Waals surface area contributed by atoms with E-state index in [4.69, 9.17) is 4.98 Å². The monoisotopic (exact) mass is 462 g/mol. The van der Waals surface area contributed by atoms with Gasteiger partial charge in [0.15, 0.2) is 5.13 Å². The van der Waals surface area contributed by atoms with Crippen molar-refractivity contribution in [1.29, 1.82) is 0 Å². The lowest BCUT2D eigenvalue weighted by molar-refractivity contribution is -0.143. The van der Waals surface area contributed by atoms with E-state index in [0.717, 1.165) is 25.0 Å². The maximum absolute atomic E-state index is 12.9. The minimum absolute atomic E-state index is 0.0288. The summed E-state index contributed by atoms with van der Waals surface area (Å²) < 4.78 is 0. The number of hydrogen-bond acceptors (Lipinski definition) is 6. The number of carbonyl (C=O) groups is 2. The average Bonchev–Trinajstić information content (AvgIpc) is 3.08. The minimum Gasteiger partial charge on any atom is -0.392 e. The average molecular weight is 463 g/mol. The fourth-order valence-electron chi connectivity index (χ4n) is 5.86. The normalized spacial score (nSPS) is 30.2. The van der Waals surface area contributed by atoms with Gasteiger partial charge in [0.05, 0.1) is 18.3 Å². The summed E-state index contributed by atoms with van der Waals surface area (Å²) in [5.41, 5.74) is 0.940. The van der Waals surface area contributed by atoms with E-state index >= 15 is 0 Å². The molecule has 0 saturated heterocycles. The van der Waals surface area contributed by atoms with Crippen molar-refractivity contribution in [2.45, 2.75) is 52.1 Å². The lowest BCUT2D eigenvalue weighted by Gasteiger charge is -2.53. The van der Waals surface area contributed by atoms with Crippen molar-refractivity contribution in [3.05, 3.63) is 23.2 Å². The number of likely N-dealkylation sites (N-methyl/N-ethyl adjacent to an activating group) is 2. The fourth-order valence-corrected chi connectivity index (χ4v) is 7.14. The highest BCUT2D eigenvalue weighted by atomic mass is 32.1. The maximum Gasteiger partial charge on any atom is 0.240 e. The Balaban J connectivity index is 1.81. The van der Waals surface area contributed by atoms with Gasteiger partial charge >= 0.3 is 0 Å². The summed E-state index contributed by atoms with van der Waals surface area (Å²) in [6.45, 7) is 10.9. The van der Waals surface area contributed by atoms with E-state index in [1.807, 2.05) is 25.9 Å². The molecule has 1 aromatic heterocycles. The molecule has 2 aliphatic rings. The van der Waals surface area contributed by atoms with Crippen LogP contribution in [-0.2, 0) is 16.0 Å². The smallest absolute Gasteiger partial charge is 0.240 e. The molecule has 1 heterocycles. The van der Waals surface area contributed by atoms with E-state index in [1.54, 1.807) is 29.4 Å². The third-order valence-electron chi connectivity index (χ3n) is 7.44. The van der Waals surface area contributed by atoms with Gasteiger partial charge < -0.3 is 20.2 Å². The zero-order chi connectivity index (χ0) is 23.8. The molecule has 2 aliphatic carbocycles. The van der Waals surface area contributed by atoms with Crippen LogP contribution >= 0.6 is 11.3 Å². The minimum atomic E-state index is -0.568. The number of anilines is 1. The van der Waals surface area contributed by atoms with Crippen LogP contribution < -0.4 is 5.32 Å². The van der Waals surface area contributed by atoms with Gasteiger partial charge in [-0.05, 0) is 50.6 Å². The Labute approximate surface area is 195 Å². The molecule has 0 aliphatic heterocycles. The highest BCUT2D eigenvalue weighted by Crippen LogP contribution is 2.57. The number of nitrogens with one attached hydrogen (secondary N) is 1. The topological polar surface area (TPSA) is 85.8 Å². The summed E-state index contributed by atoms with van der Waals surface area (Å²) in [5, 5.41) is 15.1. The highest BCUT2D eigenvalue weighted by Gasteiger charge is 2.54. The number of hydrogen-bond donors (Lipinski definition) is 2. The van der Waals surface area contributed by atoms with Crippen LogP contribution in [0.15, 0.2) is 12.7 Å². The molecule has 2 amide bonds. The molecule has 1 fully saturated rings. The first-order valence-electron chi connectivity index (χ1n) is 11.5. The van der Waals surface area contributed by atoms with E-state index < -0.39 is 6.10 Å². The summed E-state index contributed by atoms with van der Waals surface area (Å²) >= 11 is 1.56. The molecule has 32 heavy (non-hydrogen) atoms. The van der Waals surface area contributed by atoms with Crippen LogP contribution in [-0.4, -0.2) is 72.0 Å². The summed E-state index contributed by atoms with van der Waals surface area (Å²) in [7, 11) is 5.51. The van der Waals surface area contributed by atoms with E-state index in [-0.39, 0.29) is 40.9 Å². The lowest BCUT2D eigenvalue weighted by Crippen LogP contribution is -2.53. The number of rotatable bonds is 7. The van der Waals surface area contributed by atoms with E-state index in [9.17, 15) is 14.7 Å². The van der Waals surface area contributed by atoms with E-state index in [1.165, 1.54) is 4.88 Å². The molecule has 2 N–H and O–H groups in total. The highest BCUT2D eigenvalue weighted by molar-refractivity contribution is 7.15. The van der Waals surface area contributed by atoms with Crippen LogP contribution in [0.3, 0.4) is 0 Å². The number of carbonyl (C=O) groups excluding carboxylic acids is 2. The zero-order valence-corrected chi connectivity index (χ0v) is 21.0. The van der Waals surface area contributed by atoms with Gasteiger partial charge in [-0.1, -0.05) is 26.8 Å². The molecule has 8 heteroatoms. The standard InChI is InChI=1S/C24H38N4O3S/c1-8-11-28(7)22(31)14(2)16-9-10-24(4)12-17-20(15(3)19(24)21(16)30)26-23(32-17)25-18(29)13-27(5)6/h8,14-16,19,21,30H,1,9-13H2,2-7H3,(H,25,26,29)/t14-,15+,16-,19+,21-,24+/m0/s1. The van der Waals surface area contributed by atoms with Gasteiger partial charge in [-0.2, -0.15) is 0 Å². The molecule has 1 saturated carbocycles. The number of aliphatic hydroxyl groups is 1. The van der Waals surface area contributed by atoms with Crippen LogP contribution in [0.5, 0.6) is 0 Å². The van der Waals surface area contributed by atoms with Crippen LogP contribution in [0.1, 0.15) is 50.1 Å². The number of nitrogens with zero attached hydrogens (tertiary/aromatic N) is 3. The third-order valence-corrected chi connectivity index (χ3v) is 8.43. The molecule has 0 bridgehead atoms. The molecule has 7 nitrogen and oxygen atoms in total. The third kappa shape index (κ3) is 4.77. The SMILES string of the molecule is C=CCN(C)C(=O)[C@@H](C)[C@@H]1CC[C@]2(C)Cc3sc(NC(=O)CN(C)C)nc3[C@H](C)[C@@H]2[C@H]1O. The Hall–Kier alpha value is -1.77. The predicted octanol–water partition coefficient (Wildman–Crippen LogP) is 2.98. The van der Waals surface area contributed by atoms with Gasteiger partial charge in [0.1, 0.15) is 0 Å². The van der Waals surface area contributed by atoms with Crippen molar-refractivity contribution >= 4 is 28.3 Å². The van der Waals surface area contributed by atoms with Crippen molar-refractivity contribution in [3.63, 3.8) is 0 Å². The molecule has 6 atom stereocenters. The van der Waals surface area contributed by atoms with Gasteiger partial charge in [-0.3, -0.25) is 9.59 Å². The second-order valence-corrected chi connectivity index (χ2v) is 11.3. The van der Waals surface area contributed by atoms with Gasteiger partial charge in [-0.25, -0.2) is 4.98 Å². The van der Waals surface area contributed by atoms with Crippen molar-refractivity contribution in [2.75, 3.05) is 39.5 Å². The number of aromatic nitrogens is 1. The maximum atomic E-state index is 12.9. The van der Waals surface area contributed by atoms with E-state index in [0.29, 0.717) is 18.2 Å². The molecule has 0 spiro atoms. The van der Waals surface area contributed by atoms with Gasteiger partial charge in [0.25, 0.3) is 0 Å². The van der Waals surface area contributed by atoms with Gasteiger partial charge in [0, 0.05) is 30.3 Å². The molecule has 3 rings (SSSR count). The Morgan fingerprint density at radius 3 is 2.72 bits per heavy atom. The molecule has 0 radical (unpaired) electrons. The molecule has 0 unspecified atom stereocenters. The summed E-state index contributed by atoms with van der Waals surface area (Å²) in [6, 6.07) is 0. The number of amides is 2. The Bertz CT molecular complexity index is 869. The molecule has 178 valence electrons. The summed E-state index contributed by atoms with van der Waals surface area (Å²) in [4.78, 5) is 34.6. The van der Waals surface area contributed by atoms with Crippen LogP contribution in [0.25, 0.3) is 0 Å². The number of fused-ring (bicyclic) bond motifs is 2. The van der Waals surface area contributed by atoms with Crippen LogP contribution in [0.4, 0.5) is 5.13 Å². The van der Waals surface area contributed by atoms with Crippen molar-refractivity contribution in [2.24, 2.45) is 23.2 Å². The number of thiazole rings is 1.